The summed E-state index contributed by atoms with van der Waals surface area (Å²) in [6.45, 7) is 1.14. The number of phenolic OH excluding ortho intramolecular Hbond substituents is 1. The number of likely N-dealkylation sites (tertiary alicyclic amines) is 1. The van der Waals surface area contributed by atoms with E-state index in [2.05, 4.69) is 5.32 Å². The van der Waals surface area contributed by atoms with Gasteiger partial charge >= 0.3 is 0 Å². The van der Waals surface area contributed by atoms with Crippen LogP contribution in [0.5, 0.6) is 11.5 Å². The van der Waals surface area contributed by atoms with Crippen LogP contribution in [-0.4, -0.2) is 42.0 Å². The third-order valence-corrected chi connectivity index (χ3v) is 5.19. The van der Waals surface area contributed by atoms with Crippen LogP contribution in [0.4, 0.5) is 5.69 Å². The van der Waals surface area contributed by atoms with E-state index in [1.54, 1.807) is 17.0 Å². The van der Waals surface area contributed by atoms with Crippen molar-refractivity contribution in [3.8, 4) is 11.5 Å². The van der Waals surface area contributed by atoms with Crippen molar-refractivity contribution < 1.29 is 19.4 Å². The number of carbonyl (C=O) groups is 2. The molecule has 2 N–H and O–H groups in total. The zero-order valence-corrected chi connectivity index (χ0v) is 14.7. The lowest BCUT2D eigenvalue weighted by atomic mass is 9.95. The number of ether oxygens (including phenoxy) is 1. The second-order valence-electron chi connectivity index (χ2n) is 5.92. The standard InChI is InChI=1S/C18H20N2O4S/c1-24-15-5-4-13(11-14(15)21)19-17(22)12-6-8-20(9-7-12)18(23)16-3-2-10-25-16/h2-5,10-12,21H,6-9H2,1H3,(H,19,22). The van der Waals surface area contributed by atoms with Gasteiger partial charge in [0, 0.05) is 30.8 Å². The number of thiophene rings is 1. The van der Waals surface area contributed by atoms with Gasteiger partial charge in [-0.1, -0.05) is 6.07 Å². The van der Waals surface area contributed by atoms with E-state index < -0.39 is 0 Å². The first-order chi connectivity index (χ1) is 12.1. The van der Waals surface area contributed by atoms with Crippen LogP contribution in [-0.2, 0) is 4.79 Å². The summed E-state index contributed by atoms with van der Waals surface area (Å²) < 4.78 is 4.99. The van der Waals surface area contributed by atoms with Gasteiger partial charge in [0.15, 0.2) is 11.5 Å². The van der Waals surface area contributed by atoms with Gasteiger partial charge in [0.25, 0.3) is 5.91 Å². The number of anilines is 1. The molecule has 1 aliphatic heterocycles. The molecule has 1 fully saturated rings. The molecule has 1 aromatic heterocycles. The highest BCUT2D eigenvalue weighted by Crippen LogP contribution is 2.29. The molecule has 25 heavy (non-hydrogen) atoms. The van der Waals surface area contributed by atoms with Gasteiger partial charge in [-0.05, 0) is 36.4 Å². The first-order valence-electron chi connectivity index (χ1n) is 8.09. The van der Waals surface area contributed by atoms with Gasteiger partial charge < -0.3 is 20.1 Å². The first-order valence-corrected chi connectivity index (χ1v) is 8.97. The molecule has 0 atom stereocenters. The predicted octanol–water partition coefficient (Wildman–Crippen LogP) is 2.95. The van der Waals surface area contributed by atoms with Gasteiger partial charge in [0.2, 0.25) is 5.91 Å². The molecule has 0 aliphatic carbocycles. The summed E-state index contributed by atoms with van der Waals surface area (Å²) in [6, 6.07) is 8.44. The monoisotopic (exact) mass is 360 g/mol. The maximum Gasteiger partial charge on any atom is 0.263 e. The molecule has 132 valence electrons. The Morgan fingerprint density at radius 2 is 2.04 bits per heavy atom. The van der Waals surface area contributed by atoms with Crippen molar-refractivity contribution in [3.05, 3.63) is 40.6 Å². The molecular weight excluding hydrogens is 340 g/mol. The normalized spacial score (nSPS) is 15.0. The summed E-state index contributed by atoms with van der Waals surface area (Å²) in [5, 5.41) is 14.5. The Labute approximate surface area is 150 Å². The van der Waals surface area contributed by atoms with Crippen LogP contribution in [0.25, 0.3) is 0 Å². The Morgan fingerprint density at radius 1 is 1.28 bits per heavy atom. The maximum atomic E-state index is 12.4. The van der Waals surface area contributed by atoms with E-state index in [0.29, 0.717) is 37.4 Å². The van der Waals surface area contributed by atoms with Crippen molar-refractivity contribution in [1.29, 1.82) is 0 Å². The highest BCUT2D eigenvalue weighted by atomic mass is 32.1. The Morgan fingerprint density at radius 3 is 2.64 bits per heavy atom. The number of nitrogens with one attached hydrogen (secondary N) is 1. The molecule has 6 nitrogen and oxygen atoms in total. The second-order valence-corrected chi connectivity index (χ2v) is 6.87. The van der Waals surface area contributed by atoms with E-state index >= 15 is 0 Å². The summed E-state index contributed by atoms with van der Waals surface area (Å²) in [5.41, 5.74) is 0.528. The predicted molar refractivity (Wildman–Crippen MR) is 96.2 cm³/mol. The molecule has 0 saturated carbocycles. The van der Waals surface area contributed by atoms with E-state index in [9.17, 15) is 14.7 Å². The minimum atomic E-state index is -0.142. The number of aromatic hydroxyl groups is 1. The third-order valence-electron chi connectivity index (χ3n) is 4.33. The Bertz CT molecular complexity index is 752. The van der Waals surface area contributed by atoms with Gasteiger partial charge in [-0.2, -0.15) is 0 Å². The zero-order valence-electron chi connectivity index (χ0n) is 13.9. The first kappa shape index (κ1) is 17.3. The zero-order chi connectivity index (χ0) is 17.8. The lowest BCUT2D eigenvalue weighted by molar-refractivity contribution is -0.121. The van der Waals surface area contributed by atoms with Crippen molar-refractivity contribution >= 4 is 28.8 Å². The number of benzene rings is 1. The van der Waals surface area contributed by atoms with Crippen molar-refractivity contribution in [3.63, 3.8) is 0 Å². The molecule has 7 heteroatoms. The number of nitrogens with zero attached hydrogens (tertiary/aromatic N) is 1. The number of phenols is 1. The van der Waals surface area contributed by atoms with E-state index in [1.807, 2.05) is 17.5 Å². The number of hydrogen-bond acceptors (Lipinski definition) is 5. The topological polar surface area (TPSA) is 78.9 Å². The summed E-state index contributed by atoms with van der Waals surface area (Å²) in [5.74, 6) is 0.147. The summed E-state index contributed by atoms with van der Waals surface area (Å²) >= 11 is 1.43. The van der Waals surface area contributed by atoms with E-state index in [1.165, 1.54) is 24.5 Å². The molecule has 0 unspecified atom stereocenters. The molecule has 0 radical (unpaired) electrons. The fourth-order valence-electron chi connectivity index (χ4n) is 2.91. The number of carbonyl (C=O) groups excluding carboxylic acids is 2. The number of methoxy groups -OCH3 is 1. The molecule has 0 spiro atoms. The quantitative estimate of drug-likeness (QED) is 0.879. The van der Waals surface area contributed by atoms with Gasteiger partial charge in [-0.3, -0.25) is 9.59 Å². The molecule has 1 saturated heterocycles. The highest BCUT2D eigenvalue weighted by Gasteiger charge is 2.28. The minimum Gasteiger partial charge on any atom is -0.504 e. The average molecular weight is 360 g/mol. The molecule has 1 aliphatic rings. The average Bonchev–Trinajstić information content (AvgIpc) is 3.16. The summed E-state index contributed by atoms with van der Waals surface area (Å²) in [6.07, 6.45) is 1.26. The van der Waals surface area contributed by atoms with Gasteiger partial charge in [0.1, 0.15) is 0 Å². The van der Waals surface area contributed by atoms with Gasteiger partial charge in [-0.15, -0.1) is 11.3 Å². The lowest BCUT2D eigenvalue weighted by Gasteiger charge is -2.31. The van der Waals surface area contributed by atoms with Crippen LogP contribution < -0.4 is 10.1 Å². The van der Waals surface area contributed by atoms with Crippen molar-refractivity contribution in [1.82, 2.24) is 4.90 Å². The fourth-order valence-corrected chi connectivity index (χ4v) is 3.60. The highest BCUT2D eigenvalue weighted by molar-refractivity contribution is 7.12. The Balaban J connectivity index is 1.55. The Hall–Kier alpha value is -2.54. The summed E-state index contributed by atoms with van der Waals surface area (Å²) in [4.78, 5) is 27.3. The van der Waals surface area contributed by atoms with Crippen molar-refractivity contribution in [2.75, 3.05) is 25.5 Å². The second kappa shape index (κ2) is 7.57. The van der Waals surface area contributed by atoms with E-state index in [-0.39, 0.29) is 23.5 Å². The van der Waals surface area contributed by atoms with E-state index in [4.69, 9.17) is 4.74 Å². The molecule has 2 aromatic rings. The van der Waals surface area contributed by atoms with Crippen LogP contribution in [0.1, 0.15) is 22.5 Å². The van der Waals surface area contributed by atoms with E-state index in [0.717, 1.165) is 4.88 Å². The maximum absolute atomic E-state index is 12.4. The third kappa shape index (κ3) is 3.93. The van der Waals surface area contributed by atoms with Gasteiger partial charge in [-0.25, -0.2) is 0 Å². The Kier molecular flexibility index (Phi) is 5.23. The largest absolute Gasteiger partial charge is 0.504 e. The van der Waals surface area contributed by atoms with Crippen LogP contribution in [0.3, 0.4) is 0 Å². The number of rotatable bonds is 4. The molecule has 2 amide bonds. The van der Waals surface area contributed by atoms with Crippen LogP contribution >= 0.6 is 11.3 Å². The number of piperidine rings is 1. The van der Waals surface area contributed by atoms with Crippen molar-refractivity contribution in [2.24, 2.45) is 5.92 Å². The molecule has 2 heterocycles. The number of amides is 2. The van der Waals surface area contributed by atoms with Crippen LogP contribution in [0, 0.1) is 5.92 Å². The molecule has 0 bridgehead atoms. The van der Waals surface area contributed by atoms with Crippen molar-refractivity contribution in [2.45, 2.75) is 12.8 Å². The van der Waals surface area contributed by atoms with Crippen LogP contribution in [0.2, 0.25) is 0 Å². The minimum absolute atomic E-state index is 0.0170. The van der Waals surface area contributed by atoms with Gasteiger partial charge in [0.05, 0.1) is 12.0 Å². The molecule has 3 rings (SSSR count). The number of hydrogen-bond donors (Lipinski definition) is 2. The fraction of sp³-hybridized carbons (Fsp3) is 0.333. The van der Waals surface area contributed by atoms with Crippen LogP contribution in [0.15, 0.2) is 35.7 Å². The summed E-state index contributed by atoms with van der Waals surface area (Å²) in [7, 11) is 1.47. The molecule has 1 aromatic carbocycles. The SMILES string of the molecule is COc1ccc(NC(=O)C2CCN(C(=O)c3cccs3)CC2)cc1O. The smallest absolute Gasteiger partial charge is 0.263 e. The molecular formula is C18H20N2O4S. The lowest BCUT2D eigenvalue weighted by Crippen LogP contribution is -2.41.